The zero-order valence-corrected chi connectivity index (χ0v) is 16.9. The first-order valence-electron chi connectivity index (χ1n) is 10.5. The number of pyridine rings is 1. The van der Waals surface area contributed by atoms with Crippen molar-refractivity contribution in [2.24, 2.45) is 0 Å². The van der Waals surface area contributed by atoms with Gasteiger partial charge in [-0.2, -0.15) is 0 Å². The van der Waals surface area contributed by atoms with E-state index in [2.05, 4.69) is 40.3 Å². The standard InChI is InChI=1S/C26H20N4O/c31-26-25-19(5-3-6-21(25)18-9-11-23-24(14-18)28-16-27-23)15-30(26)13-12-20-10-8-17-4-1-2-7-22(17)29-20/h1-11,14,16H,12-13,15H2,(H,27,28). The molecule has 0 spiro atoms. The molecule has 6 rings (SSSR count). The molecule has 0 radical (unpaired) electrons. The van der Waals surface area contributed by atoms with Gasteiger partial charge in [0.15, 0.2) is 0 Å². The van der Waals surface area contributed by atoms with Crippen molar-refractivity contribution < 1.29 is 4.79 Å². The molecule has 5 nitrogen and oxygen atoms in total. The van der Waals surface area contributed by atoms with Crippen LogP contribution in [0.5, 0.6) is 0 Å². The number of carbonyl (C=O) groups excluding carboxylic acids is 1. The number of imidazole rings is 1. The van der Waals surface area contributed by atoms with Crippen LogP contribution >= 0.6 is 0 Å². The molecule has 1 amide bonds. The molecule has 0 saturated carbocycles. The van der Waals surface area contributed by atoms with Gasteiger partial charge < -0.3 is 9.88 Å². The summed E-state index contributed by atoms with van der Waals surface area (Å²) in [5, 5.41) is 1.13. The highest BCUT2D eigenvalue weighted by Gasteiger charge is 2.30. The van der Waals surface area contributed by atoms with Gasteiger partial charge in [-0.25, -0.2) is 4.98 Å². The van der Waals surface area contributed by atoms with E-state index in [0.717, 1.165) is 56.3 Å². The molecule has 0 atom stereocenters. The van der Waals surface area contributed by atoms with E-state index in [9.17, 15) is 4.79 Å². The average molecular weight is 404 g/mol. The van der Waals surface area contributed by atoms with Crippen LogP contribution in [-0.2, 0) is 13.0 Å². The molecular weight excluding hydrogens is 384 g/mol. The highest BCUT2D eigenvalue weighted by atomic mass is 16.2. The van der Waals surface area contributed by atoms with Crippen molar-refractivity contribution in [1.82, 2.24) is 19.9 Å². The number of hydrogen-bond donors (Lipinski definition) is 1. The lowest BCUT2D eigenvalue weighted by Gasteiger charge is -2.15. The molecule has 0 unspecified atom stereocenters. The van der Waals surface area contributed by atoms with Crippen molar-refractivity contribution in [1.29, 1.82) is 0 Å². The molecule has 0 bridgehead atoms. The molecule has 5 aromatic rings. The van der Waals surface area contributed by atoms with Gasteiger partial charge >= 0.3 is 0 Å². The Balaban J connectivity index is 1.27. The lowest BCUT2D eigenvalue weighted by atomic mass is 9.96. The Labute approximate surface area is 179 Å². The third-order valence-electron chi connectivity index (χ3n) is 6.04. The Kier molecular flexibility index (Phi) is 4.06. The zero-order valence-electron chi connectivity index (χ0n) is 16.9. The number of benzene rings is 3. The minimum Gasteiger partial charge on any atom is -0.345 e. The van der Waals surface area contributed by atoms with Crippen molar-refractivity contribution in [3.8, 4) is 11.1 Å². The highest BCUT2D eigenvalue weighted by molar-refractivity contribution is 6.05. The number of H-pyrrole nitrogens is 1. The van der Waals surface area contributed by atoms with Gasteiger partial charge in [-0.05, 0) is 41.0 Å². The maximum atomic E-state index is 13.3. The molecule has 1 aliphatic rings. The molecule has 150 valence electrons. The fourth-order valence-corrected chi connectivity index (χ4v) is 4.44. The molecule has 0 aliphatic carbocycles. The van der Waals surface area contributed by atoms with Crippen LogP contribution in [0.3, 0.4) is 0 Å². The van der Waals surface area contributed by atoms with Gasteiger partial charge in [0, 0.05) is 30.6 Å². The second kappa shape index (κ2) is 7.06. The Morgan fingerprint density at radius 2 is 1.87 bits per heavy atom. The molecular formula is C26H20N4O. The second-order valence-corrected chi connectivity index (χ2v) is 7.95. The number of fused-ring (bicyclic) bond motifs is 3. The van der Waals surface area contributed by atoms with Crippen LogP contribution in [0.1, 0.15) is 21.6 Å². The molecule has 1 N–H and O–H groups in total. The molecule has 31 heavy (non-hydrogen) atoms. The number of carbonyl (C=O) groups is 1. The van der Waals surface area contributed by atoms with Gasteiger partial charge in [-0.3, -0.25) is 9.78 Å². The molecule has 3 heterocycles. The van der Waals surface area contributed by atoms with E-state index >= 15 is 0 Å². The van der Waals surface area contributed by atoms with Crippen molar-refractivity contribution in [3.63, 3.8) is 0 Å². The predicted octanol–water partition coefficient (Wildman–Crippen LogP) is 4.98. The molecule has 5 heteroatoms. The first kappa shape index (κ1) is 17.8. The van der Waals surface area contributed by atoms with Gasteiger partial charge in [0.05, 0.1) is 28.4 Å². The van der Waals surface area contributed by atoms with E-state index in [4.69, 9.17) is 4.98 Å². The molecule has 3 aromatic carbocycles. The molecule has 2 aromatic heterocycles. The number of rotatable bonds is 4. The Morgan fingerprint density at radius 1 is 0.935 bits per heavy atom. The van der Waals surface area contributed by atoms with E-state index in [1.54, 1.807) is 6.33 Å². The number of para-hydroxylation sites is 1. The smallest absolute Gasteiger partial charge is 0.255 e. The quantitative estimate of drug-likeness (QED) is 0.460. The zero-order chi connectivity index (χ0) is 20.8. The van der Waals surface area contributed by atoms with Crippen molar-refractivity contribution >= 4 is 27.8 Å². The largest absolute Gasteiger partial charge is 0.345 e. The van der Waals surface area contributed by atoms with E-state index in [-0.39, 0.29) is 5.91 Å². The summed E-state index contributed by atoms with van der Waals surface area (Å²) in [7, 11) is 0. The fraction of sp³-hybridized carbons (Fsp3) is 0.115. The topological polar surface area (TPSA) is 61.9 Å². The van der Waals surface area contributed by atoms with Crippen LogP contribution in [0, 0.1) is 0 Å². The van der Waals surface area contributed by atoms with Crippen LogP contribution in [0.2, 0.25) is 0 Å². The van der Waals surface area contributed by atoms with Crippen LogP contribution in [0.15, 0.2) is 79.1 Å². The van der Waals surface area contributed by atoms with Crippen LogP contribution in [0.4, 0.5) is 0 Å². The van der Waals surface area contributed by atoms with Crippen LogP contribution in [-0.4, -0.2) is 32.3 Å². The number of amides is 1. The Morgan fingerprint density at radius 3 is 2.84 bits per heavy atom. The van der Waals surface area contributed by atoms with Gasteiger partial charge in [-0.15, -0.1) is 0 Å². The van der Waals surface area contributed by atoms with Gasteiger partial charge in [0.2, 0.25) is 0 Å². The Bertz CT molecular complexity index is 1450. The fourth-order valence-electron chi connectivity index (χ4n) is 4.44. The lowest BCUT2D eigenvalue weighted by Crippen LogP contribution is -2.26. The van der Waals surface area contributed by atoms with Crippen molar-refractivity contribution in [2.75, 3.05) is 6.54 Å². The van der Waals surface area contributed by atoms with Crippen molar-refractivity contribution in [2.45, 2.75) is 13.0 Å². The van der Waals surface area contributed by atoms with E-state index < -0.39 is 0 Å². The molecule has 0 saturated heterocycles. The van der Waals surface area contributed by atoms with Gasteiger partial charge in [-0.1, -0.05) is 48.5 Å². The third-order valence-corrected chi connectivity index (χ3v) is 6.04. The summed E-state index contributed by atoms with van der Waals surface area (Å²) in [4.78, 5) is 27.4. The minimum absolute atomic E-state index is 0.0936. The van der Waals surface area contributed by atoms with E-state index in [1.807, 2.05) is 47.4 Å². The summed E-state index contributed by atoms with van der Waals surface area (Å²) in [6.45, 7) is 1.29. The highest BCUT2D eigenvalue weighted by Crippen LogP contribution is 2.33. The number of nitrogens with zero attached hydrogens (tertiary/aromatic N) is 3. The summed E-state index contributed by atoms with van der Waals surface area (Å²) in [6.07, 6.45) is 2.43. The first-order valence-corrected chi connectivity index (χ1v) is 10.5. The first-order chi connectivity index (χ1) is 15.3. The van der Waals surface area contributed by atoms with E-state index in [1.165, 1.54) is 0 Å². The number of nitrogens with one attached hydrogen (secondary N) is 1. The summed E-state index contributed by atoms with van der Waals surface area (Å²) in [6, 6.07) is 24.5. The minimum atomic E-state index is 0.0936. The lowest BCUT2D eigenvalue weighted by molar-refractivity contribution is 0.0780. The van der Waals surface area contributed by atoms with Crippen LogP contribution < -0.4 is 0 Å². The normalized spacial score (nSPS) is 13.3. The molecule has 0 fully saturated rings. The number of aromatic nitrogens is 3. The SMILES string of the molecule is O=C1c2c(cccc2-c2ccc3nc[nH]c3c2)CN1CCc1ccc2ccccc2n1. The maximum absolute atomic E-state index is 13.3. The third kappa shape index (κ3) is 3.06. The Hall–Kier alpha value is -3.99. The van der Waals surface area contributed by atoms with Gasteiger partial charge in [0.25, 0.3) is 5.91 Å². The predicted molar refractivity (Wildman–Crippen MR) is 122 cm³/mol. The second-order valence-electron chi connectivity index (χ2n) is 7.95. The number of hydrogen-bond acceptors (Lipinski definition) is 3. The average Bonchev–Trinajstić information content (AvgIpc) is 3.41. The van der Waals surface area contributed by atoms with Crippen molar-refractivity contribution in [3.05, 3.63) is 95.9 Å². The summed E-state index contributed by atoms with van der Waals surface area (Å²) < 4.78 is 0. The number of aromatic amines is 1. The van der Waals surface area contributed by atoms with Gasteiger partial charge in [0.1, 0.15) is 0 Å². The molecule has 1 aliphatic heterocycles. The monoisotopic (exact) mass is 404 g/mol. The maximum Gasteiger partial charge on any atom is 0.255 e. The summed E-state index contributed by atoms with van der Waals surface area (Å²) in [5.41, 5.74) is 7.80. The summed E-state index contributed by atoms with van der Waals surface area (Å²) in [5.74, 6) is 0.0936. The summed E-state index contributed by atoms with van der Waals surface area (Å²) >= 11 is 0. The van der Waals surface area contributed by atoms with Crippen LogP contribution in [0.25, 0.3) is 33.1 Å². The van der Waals surface area contributed by atoms with E-state index in [0.29, 0.717) is 13.1 Å².